The molecule has 5 nitrogen and oxygen atoms in total. The molecule has 2 N–H and O–H groups in total. The van der Waals surface area contributed by atoms with Crippen molar-refractivity contribution in [2.24, 2.45) is 23.2 Å². The second kappa shape index (κ2) is 7.56. The number of hydrogen-bond acceptors (Lipinski definition) is 4. The van der Waals surface area contributed by atoms with Gasteiger partial charge in [-0.2, -0.15) is 0 Å². The van der Waals surface area contributed by atoms with Crippen LogP contribution in [0.2, 0.25) is 0 Å². The van der Waals surface area contributed by atoms with Crippen molar-refractivity contribution in [1.82, 2.24) is 10.3 Å². The highest BCUT2D eigenvalue weighted by Gasteiger charge is 2.54. The largest absolute Gasteiger partial charge is 0.355 e. The molecular weight excluding hydrogens is 382 g/mol. The summed E-state index contributed by atoms with van der Waals surface area (Å²) >= 11 is 1.42. The van der Waals surface area contributed by atoms with Crippen LogP contribution in [0.5, 0.6) is 0 Å². The lowest BCUT2D eigenvalue weighted by atomic mass is 9.49. The van der Waals surface area contributed by atoms with Gasteiger partial charge in [0.15, 0.2) is 0 Å². The summed E-state index contributed by atoms with van der Waals surface area (Å²) in [6, 6.07) is 9.84. The van der Waals surface area contributed by atoms with Gasteiger partial charge in [0.05, 0.1) is 5.51 Å². The third kappa shape index (κ3) is 3.70. The number of amides is 2. The molecule has 1 aromatic heterocycles. The fourth-order valence-electron chi connectivity index (χ4n) is 6.19. The summed E-state index contributed by atoms with van der Waals surface area (Å²) in [6.45, 7) is 0.395. The molecule has 4 saturated carbocycles. The maximum absolute atomic E-state index is 13.0. The first kappa shape index (κ1) is 18.8. The molecule has 4 aliphatic rings. The van der Waals surface area contributed by atoms with Gasteiger partial charge in [-0.25, -0.2) is 4.98 Å². The molecule has 0 saturated heterocycles. The van der Waals surface area contributed by atoms with Gasteiger partial charge < -0.3 is 10.6 Å². The number of nitrogens with one attached hydrogen (secondary N) is 2. The van der Waals surface area contributed by atoms with E-state index in [2.05, 4.69) is 15.6 Å². The van der Waals surface area contributed by atoms with Crippen LogP contribution in [0.15, 0.2) is 35.8 Å². The lowest BCUT2D eigenvalue weighted by Gasteiger charge is -2.55. The maximum Gasteiger partial charge on any atom is 0.226 e. The van der Waals surface area contributed by atoms with Crippen LogP contribution in [-0.4, -0.2) is 23.3 Å². The molecule has 0 atom stereocenters. The first-order chi connectivity index (χ1) is 14.1. The quantitative estimate of drug-likeness (QED) is 0.739. The van der Waals surface area contributed by atoms with Gasteiger partial charge in [0.2, 0.25) is 11.8 Å². The number of thiazole rings is 1. The first-order valence-corrected chi connectivity index (χ1v) is 11.6. The highest BCUT2D eigenvalue weighted by atomic mass is 32.1. The van der Waals surface area contributed by atoms with Crippen LogP contribution in [0.25, 0.3) is 11.3 Å². The number of aromatic nitrogens is 1. The van der Waals surface area contributed by atoms with E-state index in [4.69, 9.17) is 0 Å². The van der Waals surface area contributed by atoms with Crippen molar-refractivity contribution in [3.8, 4) is 11.3 Å². The Balaban J connectivity index is 1.15. The van der Waals surface area contributed by atoms with Gasteiger partial charge in [-0.1, -0.05) is 30.3 Å². The minimum Gasteiger partial charge on any atom is -0.355 e. The lowest BCUT2D eigenvalue weighted by Crippen LogP contribution is -2.53. The van der Waals surface area contributed by atoms with Crippen molar-refractivity contribution in [1.29, 1.82) is 0 Å². The summed E-state index contributed by atoms with van der Waals surface area (Å²) in [5.74, 6) is 2.35. The van der Waals surface area contributed by atoms with Gasteiger partial charge >= 0.3 is 0 Å². The summed E-state index contributed by atoms with van der Waals surface area (Å²) in [6.07, 6.45) is 7.42. The number of benzene rings is 1. The summed E-state index contributed by atoms with van der Waals surface area (Å²) in [4.78, 5) is 29.8. The maximum atomic E-state index is 13.0. The fourth-order valence-corrected chi connectivity index (χ4v) is 6.91. The number of rotatable bonds is 6. The minimum atomic E-state index is -0.149. The zero-order valence-corrected chi connectivity index (χ0v) is 17.3. The molecule has 29 heavy (non-hydrogen) atoms. The fraction of sp³-hybridized carbons (Fsp3) is 0.522. The third-order valence-electron chi connectivity index (χ3n) is 7.03. The Hall–Kier alpha value is -2.21. The smallest absolute Gasteiger partial charge is 0.226 e. The summed E-state index contributed by atoms with van der Waals surface area (Å²) in [7, 11) is 0. The number of hydrogen-bond donors (Lipinski definition) is 2. The average Bonchev–Trinajstić information content (AvgIpc) is 3.15. The van der Waals surface area contributed by atoms with E-state index in [9.17, 15) is 9.59 Å². The van der Waals surface area contributed by atoms with E-state index in [1.807, 2.05) is 30.3 Å². The van der Waals surface area contributed by atoms with E-state index < -0.39 is 0 Å². The molecule has 6 heteroatoms. The zero-order valence-electron chi connectivity index (χ0n) is 16.5. The molecular formula is C23H27N3O2S. The Kier molecular flexibility index (Phi) is 4.90. The van der Waals surface area contributed by atoms with Gasteiger partial charge in [0.25, 0.3) is 0 Å². The molecule has 4 bridgehead atoms. The van der Waals surface area contributed by atoms with Gasteiger partial charge in [-0.3, -0.25) is 9.59 Å². The van der Waals surface area contributed by atoms with Crippen molar-refractivity contribution in [2.45, 2.75) is 44.9 Å². The molecule has 0 aliphatic heterocycles. The second-order valence-electron chi connectivity index (χ2n) is 9.15. The molecule has 1 aromatic carbocycles. The van der Waals surface area contributed by atoms with Gasteiger partial charge in [0, 0.05) is 23.9 Å². The molecule has 1 heterocycles. The van der Waals surface area contributed by atoms with E-state index in [0.29, 0.717) is 6.54 Å². The van der Waals surface area contributed by atoms with Crippen molar-refractivity contribution in [3.63, 3.8) is 0 Å². The Labute approximate surface area is 175 Å². The van der Waals surface area contributed by atoms with Crippen LogP contribution in [0.4, 0.5) is 5.00 Å². The monoisotopic (exact) mass is 409 g/mol. The normalized spacial score (nSPS) is 29.6. The number of nitrogens with zero attached hydrogens (tertiary/aromatic N) is 1. The second-order valence-corrected chi connectivity index (χ2v) is 10.0. The first-order valence-electron chi connectivity index (χ1n) is 10.7. The SMILES string of the molecule is O=C(CCNC(=O)C12CC3CC(CC(C3)C1)C2)Nc1scnc1-c1ccccc1. The Morgan fingerprint density at radius 3 is 2.34 bits per heavy atom. The van der Waals surface area contributed by atoms with Crippen LogP contribution in [-0.2, 0) is 9.59 Å². The molecule has 2 aromatic rings. The minimum absolute atomic E-state index is 0.0859. The van der Waals surface area contributed by atoms with Gasteiger partial charge in [0.1, 0.15) is 10.7 Å². The highest BCUT2D eigenvalue weighted by molar-refractivity contribution is 7.14. The molecule has 4 fully saturated rings. The predicted octanol–water partition coefficient (Wildman–Crippen LogP) is 4.47. The van der Waals surface area contributed by atoms with Crippen LogP contribution in [0.1, 0.15) is 44.9 Å². The molecule has 152 valence electrons. The Morgan fingerprint density at radius 1 is 1.03 bits per heavy atom. The standard InChI is InChI=1S/C23H27N3O2S/c27-19(26-21-20(25-14-29-21)18-4-2-1-3-5-18)6-7-24-22(28)23-11-15-8-16(12-23)10-17(9-15)13-23/h1-5,14-17H,6-13H2,(H,24,28)(H,26,27). The molecule has 2 amide bonds. The van der Waals surface area contributed by atoms with Crippen LogP contribution in [0.3, 0.4) is 0 Å². The van der Waals surface area contributed by atoms with Crippen molar-refractivity contribution < 1.29 is 9.59 Å². The lowest BCUT2D eigenvalue weighted by molar-refractivity contribution is -0.146. The van der Waals surface area contributed by atoms with E-state index in [1.54, 1.807) is 5.51 Å². The van der Waals surface area contributed by atoms with Crippen LogP contribution < -0.4 is 10.6 Å². The molecule has 6 rings (SSSR count). The molecule has 4 aliphatic carbocycles. The predicted molar refractivity (Wildman–Crippen MR) is 114 cm³/mol. The van der Waals surface area contributed by atoms with E-state index in [0.717, 1.165) is 53.3 Å². The van der Waals surface area contributed by atoms with Crippen molar-refractivity contribution in [2.75, 3.05) is 11.9 Å². The highest BCUT2D eigenvalue weighted by Crippen LogP contribution is 2.60. The summed E-state index contributed by atoms with van der Waals surface area (Å²) in [5, 5.41) is 6.81. The van der Waals surface area contributed by atoms with E-state index in [1.165, 1.54) is 30.6 Å². The van der Waals surface area contributed by atoms with Crippen molar-refractivity contribution in [3.05, 3.63) is 35.8 Å². The zero-order chi connectivity index (χ0) is 19.8. The summed E-state index contributed by atoms with van der Waals surface area (Å²) < 4.78 is 0. The molecule has 0 spiro atoms. The van der Waals surface area contributed by atoms with E-state index >= 15 is 0 Å². The van der Waals surface area contributed by atoms with E-state index in [-0.39, 0.29) is 23.7 Å². The number of anilines is 1. The van der Waals surface area contributed by atoms with Crippen molar-refractivity contribution >= 4 is 28.2 Å². The number of carbonyl (C=O) groups excluding carboxylic acids is 2. The van der Waals surface area contributed by atoms with Crippen LogP contribution >= 0.6 is 11.3 Å². The average molecular weight is 410 g/mol. The Morgan fingerprint density at radius 2 is 1.69 bits per heavy atom. The third-order valence-corrected chi connectivity index (χ3v) is 7.77. The summed E-state index contributed by atoms with van der Waals surface area (Å²) in [5.41, 5.74) is 3.37. The topological polar surface area (TPSA) is 71.1 Å². The van der Waals surface area contributed by atoms with Gasteiger partial charge in [-0.05, 0) is 56.3 Å². The molecule has 0 radical (unpaired) electrons. The van der Waals surface area contributed by atoms with Gasteiger partial charge in [-0.15, -0.1) is 11.3 Å². The number of carbonyl (C=O) groups is 2. The molecule has 0 unspecified atom stereocenters. The Bertz CT molecular complexity index is 873. The van der Waals surface area contributed by atoms with Crippen LogP contribution in [0, 0.1) is 23.2 Å².